The number of hydrogen-bond donors (Lipinski definition) is 3. The zero-order valence-corrected chi connectivity index (χ0v) is 28.9. The molecule has 0 saturated carbocycles. The molecule has 3 N–H and O–H groups in total. The van der Waals surface area contributed by atoms with Gasteiger partial charge in [-0.2, -0.15) is 5.10 Å². The summed E-state index contributed by atoms with van der Waals surface area (Å²) >= 11 is 0. The van der Waals surface area contributed by atoms with Crippen molar-refractivity contribution in [3.8, 4) is 11.5 Å². The molecule has 4 amide bonds. The van der Waals surface area contributed by atoms with Gasteiger partial charge in [-0.1, -0.05) is 26.3 Å². The van der Waals surface area contributed by atoms with Crippen molar-refractivity contribution < 1.29 is 37.4 Å². The van der Waals surface area contributed by atoms with Crippen molar-refractivity contribution in [3.05, 3.63) is 65.0 Å². The maximum absolute atomic E-state index is 14.5. The third-order valence-corrected chi connectivity index (χ3v) is 8.46. The van der Waals surface area contributed by atoms with Crippen molar-refractivity contribution >= 4 is 23.6 Å². The Labute approximate surface area is 289 Å². The summed E-state index contributed by atoms with van der Waals surface area (Å²) in [5.41, 5.74) is 0.277. The van der Waals surface area contributed by atoms with Crippen LogP contribution in [0.3, 0.4) is 0 Å². The summed E-state index contributed by atoms with van der Waals surface area (Å²) in [5, 5.41) is 13.2. The normalized spacial score (nSPS) is 18.9. The maximum Gasteiger partial charge on any atom is 0.275 e. The van der Waals surface area contributed by atoms with E-state index in [0.29, 0.717) is 48.5 Å². The van der Waals surface area contributed by atoms with Crippen LogP contribution in [-0.4, -0.2) is 88.2 Å². The van der Waals surface area contributed by atoms with Crippen LogP contribution in [0.25, 0.3) is 0 Å². The molecule has 14 nitrogen and oxygen atoms in total. The topological polar surface area (TPSA) is 170 Å². The highest BCUT2D eigenvalue weighted by atomic mass is 19.1. The number of carbonyl (C=O) groups excluding carboxylic acids is 4. The summed E-state index contributed by atoms with van der Waals surface area (Å²) < 4.78 is 40.1. The van der Waals surface area contributed by atoms with Crippen molar-refractivity contribution in [2.75, 3.05) is 33.9 Å². The largest absolute Gasteiger partial charge is 0.493 e. The highest BCUT2D eigenvalue weighted by molar-refractivity contribution is 5.92. The van der Waals surface area contributed by atoms with Gasteiger partial charge in [-0.15, -0.1) is 0 Å². The predicted molar refractivity (Wildman–Crippen MR) is 177 cm³/mol. The van der Waals surface area contributed by atoms with Crippen LogP contribution in [0.4, 0.5) is 8.78 Å². The van der Waals surface area contributed by atoms with Crippen molar-refractivity contribution in [1.82, 2.24) is 40.6 Å². The first-order chi connectivity index (χ1) is 23.9. The number of halogens is 2. The lowest BCUT2D eigenvalue weighted by molar-refractivity contribution is -0.130. The highest BCUT2D eigenvalue weighted by Crippen LogP contribution is 2.28. The molecule has 50 heavy (non-hydrogen) atoms. The van der Waals surface area contributed by atoms with Crippen LogP contribution < -0.4 is 25.4 Å². The van der Waals surface area contributed by atoms with Gasteiger partial charge in [-0.05, 0) is 43.4 Å². The number of ether oxygens (including phenoxy) is 2. The van der Waals surface area contributed by atoms with Crippen LogP contribution in [0.1, 0.15) is 80.2 Å². The van der Waals surface area contributed by atoms with Crippen LogP contribution in [0, 0.1) is 17.6 Å². The van der Waals surface area contributed by atoms with Crippen molar-refractivity contribution in [3.63, 3.8) is 0 Å². The monoisotopic (exact) mass is 698 g/mol. The average molecular weight is 699 g/mol. The number of benzene rings is 1. The molecule has 3 heterocycles. The molecule has 0 bridgehead atoms. The number of aromatic nitrogens is 4. The van der Waals surface area contributed by atoms with E-state index in [1.54, 1.807) is 26.2 Å². The Hall–Kier alpha value is -5.15. The van der Waals surface area contributed by atoms with Gasteiger partial charge in [0.15, 0.2) is 28.8 Å². The summed E-state index contributed by atoms with van der Waals surface area (Å²) in [5.74, 6) is -2.42. The van der Waals surface area contributed by atoms with Gasteiger partial charge >= 0.3 is 0 Å². The lowest BCUT2D eigenvalue weighted by atomic mass is 9.97. The fourth-order valence-electron chi connectivity index (χ4n) is 5.56. The zero-order chi connectivity index (χ0) is 36.4. The summed E-state index contributed by atoms with van der Waals surface area (Å²) in [7, 11) is 3.08. The summed E-state index contributed by atoms with van der Waals surface area (Å²) in [6.45, 7) is 5.58. The zero-order valence-electron chi connectivity index (χ0n) is 28.9. The minimum Gasteiger partial charge on any atom is -0.493 e. The number of nitrogens with zero attached hydrogens (tertiary/aromatic N) is 5. The molecular formula is C34H44F2N8O6. The minimum atomic E-state index is -1.11. The number of fused-ring (bicyclic) bond motifs is 1. The number of amides is 4. The van der Waals surface area contributed by atoms with Gasteiger partial charge < -0.3 is 30.3 Å². The van der Waals surface area contributed by atoms with E-state index in [9.17, 15) is 28.0 Å². The Morgan fingerprint density at radius 3 is 2.48 bits per heavy atom. The van der Waals surface area contributed by atoms with E-state index in [2.05, 4.69) is 26.0 Å². The molecule has 0 fully saturated rings. The molecule has 4 rings (SSSR count). The standard InChI is InChI=1S/C34H44F2N8O6/c1-6-20(2)30-33(47)39-21(3)32-40-27(16-22-10-11-25(49-4)26(15-22)50-5)42-44(32)19-29(46)37-12-8-14-43(13-7-9-28(45)41-30)34(48)31-24(36)17-23(35)18-38-31/h10-11,15,17-18,20-21,30H,6-9,12-14,16,19H2,1-5H3,(H,37,46)(H,39,47)(H,41,45)/t20-,21+,30-/m0/s1. The Morgan fingerprint density at radius 1 is 1.04 bits per heavy atom. The second-order valence-electron chi connectivity index (χ2n) is 12.2. The van der Waals surface area contributed by atoms with E-state index < -0.39 is 47.1 Å². The van der Waals surface area contributed by atoms with Gasteiger partial charge in [-0.3, -0.25) is 19.2 Å². The van der Waals surface area contributed by atoms with E-state index in [4.69, 9.17) is 14.5 Å². The number of nitrogens with one attached hydrogen (secondary N) is 3. The third-order valence-electron chi connectivity index (χ3n) is 8.46. The first-order valence-electron chi connectivity index (χ1n) is 16.5. The number of pyridine rings is 1. The van der Waals surface area contributed by atoms with Gasteiger partial charge in [0.2, 0.25) is 17.7 Å². The average Bonchev–Trinajstić information content (AvgIpc) is 3.48. The third kappa shape index (κ3) is 9.72. The molecule has 3 aromatic rings. The number of rotatable bonds is 7. The van der Waals surface area contributed by atoms with Crippen LogP contribution >= 0.6 is 0 Å². The molecule has 3 atom stereocenters. The molecule has 1 aromatic carbocycles. The second-order valence-corrected chi connectivity index (χ2v) is 12.2. The van der Waals surface area contributed by atoms with Gasteiger partial charge in [0.05, 0.1) is 26.5 Å². The predicted octanol–water partition coefficient (Wildman–Crippen LogP) is 2.71. The summed E-state index contributed by atoms with van der Waals surface area (Å²) in [6.07, 6.45) is 2.11. The van der Waals surface area contributed by atoms with E-state index in [1.807, 2.05) is 19.9 Å². The highest BCUT2D eigenvalue weighted by Gasteiger charge is 2.29. The molecule has 1 aliphatic heterocycles. The van der Waals surface area contributed by atoms with Crippen molar-refractivity contribution in [2.45, 2.75) is 71.5 Å². The summed E-state index contributed by atoms with van der Waals surface area (Å²) in [4.78, 5) is 62.7. The first-order valence-corrected chi connectivity index (χ1v) is 16.5. The van der Waals surface area contributed by atoms with E-state index in [0.717, 1.165) is 11.8 Å². The quantitative estimate of drug-likeness (QED) is 0.336. The number of methoxy groups -OCH3 is 2. The minimum absolute atomic E-state index is 0.0244. The lowest BCUT2D eigenvalue weighted by Gasteiger charge is -2.26. The van der Waals surface area contributed by atoms with Gasteiger partial charge in [0.25, 0.3) is 5.91 Å². The molecule has 1 aliphatic rings. The molecule has 0 spiro atoms. The molecule has 0 radical (unpaired) electrons. The molecule has 270 valence electrons. The van der Waals surface area contributed by atoms with E-state index in [1.165, 1.54) is 16.7 Å². The number of carbonyl (C=O) groups is 4. The molecule has 2 aromatic heterocycles. The lowest BCUT2D eigenvalue weighted by Crippen LogP contribution is -2.51. The Morgan fingerprint density at radius 2 is 1.78 bits per heavy atom. The van der Waals surface area contributed by atoms with Gasteiger partial charge in [0.1, 0.15) is 24.2 Å². The van der Waals surface area contributed by atoms with E-state index in [-0.39, 0.29) is 50.8 Å². The molecular weight excluding hydrogens is 654 g/mol. The molecule has 0 saturated heterocycles. The second kappa shape index (κ2) is 17.5. The first kappa shape index (κ1) is 37.7. The summed E-state index contributed by atoms with van der Waals surface area (Å²) in [6, 6.07) is 4.44. The Bertz CT molecular complexity index is 1690. The van der Waals surface area contributed by atoms with Gasteiger partial charge in [0, 0.05) is 38.5 Å². The van der Waals surface area contributed by atoms with Crippen molar-refractivity contribution in [2.24, 2.45) is 5.92 Å². The smallest absolute Gasteiger partial charge is 0.275 e. The molecule has 0 aliphatic carbocycles. The molecule has 0 unspecified atom stereocenters. The Kier molecular flexibility index (Phi) is 13.2. The fourth-order valence-corrected chi connectivity index (χ4v) is 5.56. The van der Waals surface area contributed by atoms with Crippen LogP contribution in [-0.2, 0) is 27.3 Å². The van der Waals surface area contributed by atoms with E-state index >= 15 is 0 Å². The maximum atomic E-state index is 14.5. The molecule has 16 heteroatoms. The van der Waals surface area contributed by atoms with Gasteiger partial charge in [-0.25, -0.2) is 23.4 Å². The van der Waals surface area contributed by atoms with Crippen LogP contribution in [0.15, 0.2) is 30.5 Å². The fraction of sp³-hybridized carbons (Fsp3) is 0.500. The van der Waals surface area contributed by atoms with Crippen molar-refractivity contribution in [1.29, 1.82) is 0 Å². The SMILES string of the molecule is CC[C@H](C)[C@@H]1NC(=O)CCCN(C(=O)c2ncc(F)cc2F)CCCNC(=O)Cn2nc(Cc3ccc(OC)c(OC)c3)nc2[C@@H](C)NC1=O. The number of hydrogen-bond acceptors (Lipinski definition) is 9. The van der Waals surface area contributed by atoms with Crippen LogP contribution in [0.5, 0.6) is 11.5 Å². The van der Waals surface area contributed by atoms with Crippen LogP contribution in [0.2, 0.25) is 0 Å². The Balaban J connectivity index is 1.61.